The Morgan fingerprint density at radius 1 is 1.33 bits per heavy atom. The number of hydrogen-bond donors (Lipinski definition) is 1. The van der Waals surface area contributed by atoms with Crippen LogP contribution in [0.15, 0.2) is 37.4 Å². The zero-order valence-corrected chi connectivity index (χ0v) is 12.9. The molecule has 0 saturated heterocycles. The number of fused-ring (bicyclic) bond motifs is 1. The van der Waals surface area contributed by atoms with Gasteiger partial charge in [0.2, 0.25) is 5.91 Å². The van der Waals surface area contributed by atoms with Crippen LogP contribution in [0.25, 0.3) is 10.9 Å². The average molecular weight is 303 g/mol. The van der Waals surface area contributed by atoms with Crippen LogP contribution in [0.4, 0.5) is 5.82 Å². The van der Waals surface area contributed by atoms with Gasteiger partial charge in [0, 0.05) is 11.3 Å². The van der Waals surface area contributed by atoms with E-state index in [9.17, 15) is 4.79 Å². The third-order valence-corrected chi connectivity index (χ3v) is 3.93. The smallest absolute Gasteiger partial charge is 0.228 e. The van der Waals surface area contributed by atoms with E-state index in [0.717, 1.165) is 35.7 Å². The van der Waals surface area contributed by atoms with Crippen molar-refractivity contribution >= 4 is 34.2 Å². The fourth-order valence-electron chi connectivity index (χ4n) is 2.23. The molecular weight excluding hydrogens is 284 g/mol. The van der Waals surface area contributed by atoms with Crippen LogP contribution >= 0.6 is 11.6 Å². The number of carbonyl (C=O) groups is 1. The molecule has 0 aliphatic heterocycles. The van der Waals surface area contributed by atoms with Crippen LogP contribution in [0, 0.1) is 12.8 Å². The number of halogens is 1. The normalized spacial score (nSPS) is 14.0. The molecule has 1 aliphatic rings. The van der Waals surface area contributed by atoms with Gasteiger partial charge in [-0.15, -0.1) is 13.2 Å². The summed E-state index contributed by atoms with van der Waals surface area (Å²) in [5.41, 5.74) is 1.99. The molecule has 1 fully saturated rings. The van der Waals surface area contributed by atoms with E-state index in [2.05, 4.69) is 23.5 Å². The highest BCUT2D eigenvalue weighted by atomic mass is 35.5. The summed E-state index contributed by atoms with van der Waals surface area (Å²) in [6.45, 7) is 8.02. The zero-order valence-electron chi connectivity index (χ0n) is 12.2. The van der Waals surface area contributed by atoms with Crippen LogP contribution in [0.5, 0.6) is 0 Å². The van der Waals surface area contributed by atoms with Gasteiger partial charge in [-0.3, -0.25) is 4.79 Å². The minimum Gasteiger partial charge on any atom is -0.309 e. The van der Waals surface area contributed by atoms with Crippen molar-refractivity contribution < 1.29 is 4.79 Å². The number of amides is 1. The summed E-state index contributed by atoms with van der Waals surface area (Å²) in [6.07, 6.45) is 3.07. The molecule has 0 unspecified atom stereocenters. The van der Waals surface area contributed by atoms with Crippen molar-refractivity contribution in [3.05, 3.63) is 48.0 Å². The molecule has 4 heteroatoms. The van der Waals surface area contributed by atoms with Gasteiger partial charge in [-0.05, 0) is 37.5 Å². The first kappa shape index (κ1) is 15.5. The van der Waals surface area contributed by atoms with Gasteiger partial charge in [-0.2, -0.15) is 0 Å². The van der Waals surface area contributed by atoms with E-state index in [4.69, 9.17) is 11.6 Å². The van der Waals surface area contributed by atoms with E-state index in [-0.39, 0.29) is 11.8 Å². The molecule has 1 aromatic carbocycles. The molecular formula is C17H19ClN2O. The predicted octanol–water partition coefficient (Wildman–Crippen LogP) is 4.74. The molecule has 0 atom stereocenters. The number of benzene rings is 1. The van der Waals surface area contributed by atoms with Gasteiger partial charge < -0.3 is 5.32 Å². The van der Waals surface area contributed by atoms with Gasteiger partial charge in [0.05, 0.1) is 10.5 Å². The second-order valence-electron chi connectivity index (χ2n) is 5.13. The predicted molar refractivity (Wildman–Crippen MR) is 88.7 cm³/mol. The highest BCUT2D eigenvalue weighted by molar-refractivity contribution is 6.34. The molecule has 1 saturated carbocycles. The lowest BCUT2D eigenvalue weighted by molar-refractivity contribution is -0.122. The van der Waals surface area contributed by atoms with Crippen LogP contribution < -0.4 is 5.32 Å². The van der Waals surface area contributed by atoms with Gasteiger partial charge in [0.15, 0.2) is 5.82 Å². The third kappa shape index (κ3) is 3.42. The van der Waals surface area contributed by atoms with Crippen molar-refractivity contribution in [1.29, 1.82) is 0 Å². The molecule has 1 heterocycles. The van der Waals surface area contributed by atoms with Crippen LogP contribution in [-0.2, 0) is 4.79 Å². The van der Waals surface area contributed by atoms with Crippen molar-refractivity contribution in [2.45, 2.75) is 26.2 Å². The molecule has 1 aromatic heterocycles. The minimum absolute atomic E-state index is 0.0349. The van der Waals surface area contributed by atoms with Gasteiger partial charge >= 0.3 is 0 Å². The van der Waals surface area contributed by atoms with Crippen molar-refractivity contribution in [2.24, 2.45) is 5.92 Å². The Labute approximate surface area is 130 Å². The Morgan fingerprint density at radius 2 is 2.05 bits per heavy atom. The molecule has 110 valence electrons. The highest BCUT2D eigenvalue weighted by Crippen LogP contribution is 2.30. The van der Waals surface area contributed by atoms with Crippen molar-refractivity contribution in [2.75, 3.05) is 5.32 Å². The number of anilines is 1. The van der Waals surface area contributed by atoms with Crippen molar-refractivity contribution in [1.82, 2.24) is 4.98 Å². The lowest BCUT2D eigenvalue weighted by Crippen LogP contribution is -2.28. The monoisotopic (exact) mass is 302 g/mol. The summed E-state index contributed by atoms with van der Waals surface area (Å²) < 4.78 is 0. The van der Waals surface area contributed by atoms with E-state index in [1.807, 2.05) is 31.2 Å². The van der Waals surface area contributed by atoms with Crippen LogP contribution in [0.2, 0.25) is 5.02 Å². The summed E-state index contributed by atoms with van der Waals surface area (Å²) in [4.78, 5) is 16.4. The van der Waals surface area contributed by atoms with Crippen LogP contribution in [-0.4, -0.2) is 10.9 Å². The molecule has 3 rings (SSSR count). The molecule has 3 nitrogen and oxygen atoms in total. The Balaban J connectivity index is 0.000000774. The minimum atomic E-state index is 0.0349. The largest absolute Gasteiger partial charge is 0.309 e. The number of pyridine rings is 1. The highest BCUT2D eigenvalue weighted by Gasteiger charge is 2.25. The lowest BCUT2D eigenvalue weighted by atomic mass is 9.85. The first-order valence-electron chi connectivity index (χ1n) is 7.01. The number of carbonyl (C=O) groups excluding carboxylic acids is 1. The number of nitrogens with one attached hydrogen (secondary N) is 1. The fourth-order valence-corrected chi connectivity index (χ4v) is 2.44. The number of aryl methyl sites for hydroxylation is 1. The summed E-state index contributed by atoms with van der Waals surface area (Å²) in [5, 5.41) is 4.32. The maximum atomic E-state index is 11.9. The van der Waals surface area contributed by atoms with E-state index in [1.54, 1.807) is 0 Å². The van der Waals surface area contributed by atoms with E-state index in [1.165, 1.54) is 0 Å². The van der Waals surface area contributed by atoms with Gasteiger partial charge in [0.1, 0.15) is 0 Å². The molecule has 2 aromatic rings. The Morgan fingerprint density at radius 3 is 2.67 bits per heavy atom. The number of rotatable bonds is 2. The summed E-state index contributed by atoms with van der Waals surface area (Å²) in [6, 6.07) is 7.85. The molecule has 21 heavy (non-hydrogen) atoms. The van der Waals surface area contributed by atoms with Crippen LogP contribution in [0.3, 0.4) is 0 Å². The number of aromatic nitrogens is 1. The first-order valence-corrected chi connectivity index (χ1v) is 7.39. The summed E-state index contributed by atoms with van der Waals surface area (Å²) in [5.74, 6) is 0.635. The van der Waals surface area contributed by atoms with E-state index >= 15 is 0 Å². The van der Waals surface area contributed by atoms with E-state index in [0.29, 0.717) is 10.8 Å². The molecule has 0 bridgehead atoms. The standard InChI is InChI=1S/C15H15ClN2O.C2H4/c1-9-5-6-11-8-12(16)14(17-13(11)7-9)18-15(19)10-3-2-4-10;1-2/h5-8,10H,2-4H2,1H3,(H,17,18,19);1-2H2. The Hall–Kier alpha value is -1.87. The Bertz CT molecular complexity index is 665. The third-order valence-electron chi connectivity index (χ3n) is 3.64. The second-order valence-corrected chi connectivity index (χ2v) is 5.54. The lowest BCUT2D eigenvalue weighted by Gasteiger charge is -2.24. The van der Waals surface area contributed by atoms with Crippen LogP contribution in [0.1, 0.15) is 24.8 Å². The quantitative estimate of drug-likeness (QED) is 0.814. The maximum Gasteiger partial charge on any atom is 0.228 e. The number of nitrogens with zero attached hydrogens (tertiary/aromatic N) is 1. The summed E-state index contributed by atoms with van der Waals surface area (Å²) >= 11 is 6.18. The van der Waals surface area contributed by atoms with Crippen molar-refractivity contribution in [3.8, 4) is 0 Å². The molecule has 1 amide bonds. The van der Waals surface area contributed by atoms with Gasteiger partial charge in [-0.25, -0.2) is 4.98 Å². The summed E-state index contributed by atoms with van der Waals surface area (Å²) in [7, 11) is 0. The van der Waals surface area contributed by atoms with E-state index < -0.39 is 0 Å². The zero-order chi connectivity index (χ0) is 15.4. The topological polar surface area (TPSA) is 42.0 Å². The SMILES string of the molecule is C=C.Cc1ccc2cc(Cl)c(NC(=O)C3CCC3)nc2c1. The average Bonchev–Trinajstić information content (AvgIpc) is 2.40. The molecule has 1 aliphatic carbocycles. The van der Waals surface area contributed by atoms with Gasteiger partial charge in [0.25, 0.3) is 0 Å². The molecule has 0 radical (unpaired) electrons. The second kappa shape index (κ2) is 6.72. The van der Waals surface area contributed by atoms with Crippen molar-refractivity contribution in [3.63, 3.8) is 0 Å². The fraction of sp³-hybridized carbons (Fsp3) is 0.294. The maximum absolute atomic E-state index is 11.9. The van der Waals surface area contributed by atoms with Gasteiger partial charge in [-0.1, -0.05) is 30.2 Å². The molecule has 1 N–H and O–H groups in total. The Kier molecular flexibility index (Phi) is 4.97. The molecule has 0 spiro atoms. The first-order chi connectivity index (χ1) is 10.1. The number of hydrogen-bond acceptors (Lipinski definition) is 2.